The number of carbonyl (C=O) groups is 2. The smallest absolute Gasteiger partial charge is 0.327 e. The molecule has 0 bridgehead atoms. The van der Waals surface area contributed by atoms with E-state index in [1.807, 2.05) is 13.8 Å². The van der Waals surface area contributed by atoms with Crippen molar-refractivity contribution in [3.63, 3.8) is 0 Å². The molecule has 3 rings (SSSR count). The number of nitrogens with zero attached hydrogens (tertiary/aromatic N) is 4. The van der Waals surface area contributed by atoms with Crippen LogP contribution in [0.2, 0.25) is 0 Å². The molecule has 0 radical (unpaired) electrons. The number of hydrogen-bond donors (Lipinski definition) is 1. The van der Waals surface area contributed by atoms with Crippen LogP contribution in [0.5, 0.6) is 0 Å². The van der Waals surface area contributed by atoms with Gasteiger partial charge in [0.15, 0.2) is 0 Å². The molecule has 3 heterocycles. The molecule has 0 aromatic carbocycles. The zero-order valence-corrected chi connectivity index (χ0v) is 11.4. The summed E-state index contributed by atoms with van der Waals surface area (Å²) in [5, 5.41) is 17.2. The summed E-state index contributed by atoms with van der Waals surface area (Å²) in [6, 6.07) is -0.799. The van der Waals surface area contributed by atoms with E-state index in [2.05, 4.69) is 10.3 Å². The molecule has 3 atom stereocenters. The highest BCUT2D eigenvalue weighted by atomic mass is 32.2. The number of carboxylic acid groups (broad SMARTS) is 1. The number of carbonyl (C=O) groups excluding carboxylic acids is 1. The first-order valence-corrected chi connectivity index (χ1v) is 6.87. The van der Waals surface area contributed by atoms with E-state index in [9.17, 15) is 14.7 Å². The van der Waals surface area contributed by atoms with Gasteiger partial charge in [0.25, 0.3) is 0 Å². The average Bonchev–Trinajstić information content (AvgIpc) is 2.80. The highest BCUT2D eigenvalue weighted by molar-refractivity contribution is 8.01. The van der Waals surface area contributed by atoms with Gasteiger partial charge in [-0.1, -0.05) is 5.21 Å². The maximum Gasteiger partial charge on any atom is 0.327 e. The first-order valence-electron chi connectivity index (χ1n) is 5.99. The fourth-order valence-corrected chi connectivity index (χ4v) is 4.49. The van der Waals surface area contributed by atoms with Crippen molar-refractivity contribution in [3.05, 3.63) is 11.9 Å². The summed E-state index contributed by atoms with van der Waals surface area (Å²) in [6.45, 7) is 4.18. The molecule has 2 fully saturated rings. The van der Waals surface area contributed by atoms with Crippen molar-refractivity contribution >= 4 is 23.6 Å². The number of carboxylic acids is 1. The second-order valence-corrected chi connectivity index (χ2v) is 6.88. The van der Waals surface area contributed by atoms with E-state index in [0.717, 1.165) is 5.69 Å². The van der Waals surface area contributed by atoms with Crippen LogP contribution in [-0.2, 0) is 16.1 Å². The number of thioether (sulfide) groups is 1. The van der Waals surface area contributed by atoms with Crippen LogP contribution in [0.1, 0.15) is 19.0 Å². The highest BCUT2D eigenvalue weighted by Crippen LogP contribution is 2.51. The Bertz CT molecular complexity index is 560. The van der Waals surface area contributed by atoms with E-state index in [1.54, 1.807) is 22.6 Å². The van der Waals surface area contributed by atoms with Gasteiger partial charge in [0.2, 0.25) is 5.91 Å². The zero-order valence-electron chi connectivity index (χ0n) is 10.6. The van der Waals surface area contributed by atoms with Crippen LogP contribution in [0.25, 0.3) is 0 Å². The minimum Gasteiger partial charge on any atom is -0.480 e. The minimum absolute atomic E-state index is 0.0116. The lowest BCUT2D eigenvalue weighted by Gasteiger charge is -2.36. The highest BCUT2D eigenvalue weighted by Gasteiger charge is 2.60. The van der Waals surface area contributed by atoms with Gasteiger partial charge in [-0.05, 0) is 13.8 Å². The number of aromatic nitrogens is 3. The molecule has 0 spiro atoms. The molecule has 7 nitrogen and oxygen atoms in total. The lowest BCUT2D eigenvalue weighted by molar-refractivity contribution is -0.157. The second kappa shape index (κ2) is 3.96. The van der Waals surface area contributed by atoms with E-state index in [4.69, 9.17) is 0 Å². The first-order chi connectivity index (χ1) is 8.92. The van der Waals surface area contributed by atoms with Crippen molar-refractivity contribution in [2.45, 2.75) is 43.0 Å². The molecule has 8 heteroatoms. The second-order valence-electron chi connectivity index (χ2n) is 5.16. The summed E-state index contributed by atoms with van der Waals surface area (Å²) in [4.78, 5) is 24.6. The van der Waals surface area contributed by atoms with Gasteiger partial charge in [-0.2, -0.15) is 0 Å². The molecule has 2 aliphatic rings. The molecule has 0 saturated carbocycles. The molecule has 3 unspecified atom stereocenters. The van der Waals surface area contributed by atoms with Crippen molar-refractivity contribution in [3.8, 4) is 0 Å². The van der Waals surface area contributed by atoms with Crippen molar-refractivity contribution in [2.24, 2.45) is 0 Å². The summed E-state index contributed by atoms with van der Waals surface area (Å²) in [7, 11) is 0. The molecule has 1 aromatic heterocycles. The SMILES string of the molecule is Cc1cnnn1CC1(C)SC2CC(=O)N2C1C(=O)O. The normalized spacial score (nSPS) is 33.2. The van der Waals surface area contributed by atoms with Crippen molar-refractivity contribution in [1.29, 1.82) is 0 Å². The molecule has 19 heavy (non-hydrogen) atoms. The molecule has 0 aliphatic carbocycles. The molecule has 2 aliphatic heterocycles. The third-order valence-electron chi connectivity index (χ3n) is 3.72. The van der Waals surface area contributed by atoms with E-state index >= 15 is 0 Å². The fraction of sp³-hybridized carbons (Fsp3) is 0.636. The minimum atomic E-state index is -0.955. The predicted molar refractivity (Wildman–Crippen MR) is 67.4 cm³/mol. The molecule has 102 valence electrons. The van der Waals surface area contributed by atoms with E-state index in [-0.39, 0.29) is 11.3 Å². The van der Waals surface area contributed by atoms with Crippen LogP contribution in [0.15, 0.2) is 6.20 Å². The predicted octanol–water partition coefficient (Wildman–Crippen LogP) is 0.104. The summed E-state index contributed by atoms with van der Waals surface area (Å²) >= 11 is 1.55. The van der Waals surface area contributed by atoms with Crippen LogP contribution in [0.4, 0.5) is 0 Å². The quantitative estimate of drug-likeness (QED) is 0.791. The van der Waals surface area contributed by atoms with Gasteiger partial charge >= 0.3 is 5.97 Å². The largest absolute Gasteiger partial charge is 0.480 e. The number of fused-ring (bicyclic) bond motifs is 1. The third kappa shape index (κ3) is 1.73. The Kier molecular flexibility index (Phi) is 2.60. The Morgan fingerprint density at radius 3 is 2.95 bits per heavy atom. The number of aliphatic carboxylic acids is 1. The van der Waals surface area contributed by atoms with Crippen molar-refractivity contribution in [1.82, 2.24) is 19.9 Å². The number of β-lactam (4-membered cyclic amide) rings is 1. The topological polar surface area (TPSA) is 88.3 Å². The Balaban J connectivity index is 1.91. The van der Waals surface area contributed by atoms with Gasteiger partial charge in [-0.3, -0.25) is 4.79 Å². The summed E-state index contributed by atoms with van der Waals surface area (Å²) in [5.41, 5.74) is 0.881. The first kappa shape index (κ1) is 12.5. The monoisotopic (exact) mass is 282 g/mol. The van der Waals surface area contributed by atoms with Gasteiger partial charge in [-0.25, -0.2) is 9.48 Å². The Hall–Kier alpha value is -1.57. The average molecular weight is 282 g/mol. The molecular weight excluding hydrogens is 268 g/mol. The molecule has 1 N–H and O–H groups in total. The molecular formula is C11H14N4O3S. The molecule has 2 saturated heterocycles. The Labute approximate surface area is 113 Å². The van der Waals surface area contributed by atoms with Gasteiger partial charge in [-0.15, -0.1) is 16.9 Å². The van der Waals surface area contributed by atoms with Gasteiger partial charge in [0.1, 0.15) is 6.04 Å². The van der Waals surface area contributed by atoms with Gasteiger partial charge in [0.05, 0.1) is 35.0 Å². The number of amides is 1. The van der Waals surface area contributed by atoms with E-state index < -0.39 is 16.8 Å². The lowest BCUT2D eigenvalue weighted by atomic mass is 9.96. The maximum atomic E-state index is 11.6. The Morgan fingerprint density at radius 2 is 2.42 bits per heavy atom. The van der Waals surface area contributed by atoms with Crippen LogP contribution < -0.4 is 0 Å². The third-order valence-corrected chi connectivity index (χ3v) is 5.27. The maximum absolute atomic E-state index is 11.6. The molecule has 1 amide bonds. The number of hydrogen-bond acceptors (Lipinski definition) is 5. The van der Waals surface area contributed by atoms with Gasteiger partial charge in [0, 0.05) is 0 Å². The van der Waals surface area contributed by atoms with E-state index in [1.165, 1.54) is 4.90 Å². The van der Waals surface area contributed by atoms with Crippen LogP contribution in [0, 0.1) is 6.92 Å². The van der Waals surface area contributed by atoms with Crippen LogP contribution >= 0.6 is 11.8 Å². The van der Waals surface area contributed by atoms with Crippen molar-refractivity contribution in [2.75, 3.05) is 0 Å². The molecule has 1 aromatic rings. The number of aryl methyl sites for hydroxylation is 1. The summed E-state index contributed by atoms with van der Waals surface area (Å²) < 4.78 is 1.11. The lowest BCUT2D eigenvalue weighted by Crippen LogP contribution is -2.58. The van der Waals surface area contributed by atoms with Crippen LogP contribution in [-0.4, -0.2) is 53.0 Å². The zero-order chi connectivity index (χ0) is 13.8. The Morgan fingerprint density at radius 1 is 1.68 bits per heavy atom. The number of rotatable bonds is 3. The van der Waals surface area contributed by atoms with E-state index in [0.29, 0.717) is 13.0 Å². The standard InChI is InChI=1S/C11H14N4O3S/c1-6-4-12-13-14(6)5-11(2)9(10(17)18)15-7(16)3-8(15)19-11/h4,8-9H,3,5H2,1-2H3,(H,17,18). The summed E-state index contributed by atoms with van der Waals surface area (Å²) in [5.74, 6) is -1.03. The fourth-order valence-electron chi connectivity index (χ4n) is 2.75. The van der Waals surface area contributed by atoms with Crippen LogP contribution in [0.3, 0.4) is 0 Å². The van der Waals surface area contributed by atoms with Gasteiger partial charge < -0.3 is 10.0 Å². The van der Waals surface area contributed by atoms with Crippen molar-refractivity contribution < 1.29 is 14.7 Å². The summed E-state index contributed by atoms with van der Waals surface area (Å²) in [6.07, 6.45) is 2.07.